The van der Waals surface area contributed by atoms with Crippen LogP contribution in [0.3, 0.4) is 0 Å². The summed E-state index contributed by atoms with van der Waals surface area (Å²) in [6, 6.07) is 6.71. The number of rotatable bonds is 7. The van der Waals surface area contributed by atoms with E-state index in [2.05, 4.69) is 15.6 Å². The van der Waals surface area contributed by atoms with Crippen LogP contribution in [0, 0.1) is 5.82 Å². The highest BCUT2D eigenvalue weighted by molar-refractivity contribution is 6.31. The summed E-state index contributed by atoms with van der Waals surface area (Å²) in [4.78, 5) is 28.2. The number of carbonyl (C=O) groups excluding carboxylic acids is 2. The topological polar surface area (TPSA) is 80.3 Å². The van der Waals surface area contributed by atoms with Gasteiger partial charge in [0.15, 0.2) is 0 Å². The van der Waals surface area contributed by atoms with Gasteiger partial charge in [0.2, 0.25) is 0 Å². The Morgan fingerprint density at radius 2 is 2.04 bits per heavy atom. The van der Waals surface area contributed by atoms with Gasteiger partial charge in [-0.05, 0) is 36.8 Å². The Hall–Kier alpha value is -2.51. The quantitative estimate of drug-likeness (QED) is 0.739. The minimum Gasteiger partial charge on any atom is -0.385 e. The van der Waals surface area contributed by atoms with E-state index in [1.807, 2.05) is 0 Å². The molecular formula is C17H17ClFN3O3. The van der Waals surface area contributed by atoms with Gasteiger partial charge in [-0.15, -0.1) is 0 Å². The van der Waals surface area contributed by atoms with Crippen LogP contribution in [0.1, 0.15) is 27.3 Å². The van der Waals surface area contributed by atoms with Crippen molar-refractivity contribution in [2.24, 2.45) is 0 Å². The number of nitrogens with zero attached hydrogens (tertiary/aromatic N) is 1. The van der Waals surface area contributed by atoms with Gasteiger partial charge in [0.05, 0.1) is 5.02 Å². The molecule has 25 heavy (non-hydrogen) atoms. The van der Waals surface area contributed by atoms with Crippen LogP contribution >= 0.6 is 11.6 Å². The lowest BCUT2D eigenvalue weighted by Gasteiger charge is -2.08. The highest BCUT2D eigenvalue weighted by Crippen LogP contribution is 2.20. The average molecular weight is 366 g/mol. The Morgan fingerprint density at radius 1 is 1.24 bits per heavy atom. The molecule has 1 heterocycles. The fourth-order valence-corrected chi connectivity index (χ4v) is 2.16. The molecule has 0 aliphatic heterocycles. The number of halogens is 2. The number of amides is 2. The fourth-order valence-electron chi connectivity index (χ4n) is 1.98. The molecule has 0 saturated heterocycles. The summed E-state index contributed by atoms with van der Waals surface area (Å²) in [5.74, 6) is -1.41. The third kappa shape index (κ3) is 5.51. The molecule has 2 rings (SSSR count). The Labute approximate surface area is 149 Å². The SMILES string of the molecule is COCCCNC(=O)c1cc(C(=O)Nc2ccc(F)c(Cl)c2)ccn1. The van der Waals surface area contributed by atoms with Crippen LogP contribution in [0.15, 0.2) is 36.5 Å². The number of carbonyl (C=O) groups is 2. The molecule has 1 aromatic carbocycles. The number of nitrogens with one attached hydrogen (secondary N) is 2. The van der Waals surface area contributed by atoms with E-state index < -0.39 is 11.7 Å². The third-order valence-electron chi connectivity index (χ3n) is 3.24. The molecule has 0 atom stereocenters. The van der Waals surface area contributed by atoms with Crippen LogP contribution in [-0.4, -0.2) is 37.1 Å². The highest BCUT2D eigenvalue weighted by Gasteiger charge is 2.12. The molecule has 0 unspecified atom stereocenters. The largest absolute Gasteiger partial charge is 0.385 e. The summed E-state index contributed by atoms with van der Waals surface area (Å²) in [6.07, 6.45) is 2.05. The molecule has 2 aromatic rings. The molecule has 0 bridgehead atoms. The Bertz CT molecular complexity index is 771. The van der Waals surface area contributed by atoms with Crippen molar-refractivity contribution in [3.63, 3.8) is 0 Å². The molecule has 2 N–H and O–H groups in total. The summed E-state index contributed by atoms with van der Waals surface area (Å²) in [5, 5.41) is 5.18. The van der Waals surface area contributed by atoms with Crippen LogP contribution in [0.2, 0.25) is 5.02 Å². The number of ether oxygens (including phenoxy) is 1. The van der Waals surface area contributed by atoms with Gasteiger partial charge in [0.1, 0.15) is 11.5 Å². The van der Waals surface area contributed by atoms with Crippen molar-refractivity contribution in [1.82, 2.24) is 10.3 Å². The molecule has 132 valence electrons. The van der Waals surface area contributed by atoms with E-state index in [4.69, 9.17) is 16.3 Å². The summed E-state index contributed by atoms with van der Waals surface area (Å²) >= 11 is 5.68. The van der Waals surface area contributed by atoms with Crippen LogP contribution in [0.25, 0.3) is 0 Å². The zero-order chi connectivity index (χ0) is 18.2. The number of benzene rings is 1. The molecule has 0 aliphatic carbocycles. The molecular weight excluding hydrogens is 349 g/mol. The van der Waals surface area contributed by atoms with Crippen molar-refractivity contribution < 1.29 is 18.7 Å². The maximum absolute atomic E-state index is 13.1. The lowest BCUT2D eigenvalue weighted by atomic mass is 10.2. The van der Waals surface area contributed by atoms with Gasteiger partial charge in [-0.25, -0.2) is 4.39 Å². The van der Waals surface area contributed by atoms with Gasteiger partial charge in [-0.1, -0.05) is 11.6 Å². The van der Waals surface area contributed by atoms with Gasteiger partial charge in [-0.3, -0.25) is 14.6 Å². The first-order chi connectivity index (χ1) is 12.0. The maximum atomic E-state index is 13.1. The van der Waals surface area contributed by atoms with Crippen molar-refractivity contribution >= 4 is 29.1 Å². The zero-order valence-corrected chi connectivity index (χ0v) is 14.3. The lowest BCUT2D eigenvalue weighted by molar-refractivity contribution is 0.0943. The second-order valence-corrected chi connectivity index (χ2v) is 5.52. The molecule has 0 saturated carbocycles. The highest BCUT2D eigenvalue weighted by atomic mass is 35.5. The Balaban J connectivity index is 2.03. The molecule has 8 heteroatoms. The van der Waals surface area contributed by atoms with Crippen molar-refractivity contribution in [2.45, 2.75) is 6.42 Å². The Kier molecular flexibility index (Phi) is 6.85. The van der Waals surface area contributed by atoms with Crippen LogP contribution in [0.4, 0.5) is 10.1 Å². The normalized spacial score (nSPS) is 10.4. The van der Waals surface area contributed by atoms with Crippen molar-refractivity contribution in [3.8, 4) is 0 Å². The zero-order valence-electron chi connectivity index (χ0n) is 13.5. The number of hydrogen-bond donors (Lipinski definition) is 2. The first-order valence-corrected chi connectivity index (χ1v) is 7.88. The van der Waals surface area contributed by atoms with Gasteiger partial charge < -0.3 is 15.4 Å². The molecule has 2 amide bonds. The summed E-state index contributed by atoms with van der Waals surface area (Å²) in [7, 11) is 1.58. The van der Waals surface area contributed by atoms with Gasteiger partial charge in [0.25, 0.3) is 11.8 Å². The predicted octanol–water partition coefficient (Wildman–Crippen LogP) is 2.89. The minimum atomic E-state index is -0.573. The van der Waals surface area contributed by atoms with Crippen molar-refractivity contribution in [3.05, 3.63) is 58.6 Å². The van der Waals surface area contributed by atoms with E-state index >= 15 is 0 Å². The fraction of sp³-hybridized carbons (Fsp3) is 0.235. The monoisotopic (exact) mass is 365 g/mol. The van der Waals surface area contributed by atoms with Gasteiger partial charge in [-0.2, -0.15) is 0 Å². The number of methoxy groups -OCH3 is 1. The predicted molar refractivity (Wildman–Crippen MR) is 92.4 cm³/mol. The summed E-state index contributed by atoms with van der Waals surface area (Å²) in [5.41, 5.74) is 0.721. The number of anilines is 1. The van der Waals surface area contributed by atoms with Crippen LogP contribution in [0.5, 0.6) is 0 Å². The molecule has 0 radical (unpaired) electrons. The molecule has 0 fully saturated rings. The number of aromatic nitrogens is 1. The number of pyridine rings is 1. The molecule has 6 nitrogen and oxygen atoms in total. The first kappa shape index (κ1) is 18.8. The van der Waals surface area contributed by atoms with E-state index in [1.165, 1.54) is 30.5 Å². The average Bonchev–Trinajstić information content (AvgIpc) is 2.62. The molecule has 0 aliphatic rings. The van der Waals surface area contributed by atoms with Crippen molar-refractivity contribution in [2.75, 3.05) is 25.6 Å². The molecule has 0 spiro atoms. The van der Waals surface area contributed by atoms with E-state index in [0.29, 0.717) is 25.3 Å². The van der Waals surface area contributed by atoms with E-state index in [1.54, 1.807) is 7.11 Å². The standard InChI is InChI=1S/C17H17ClFN3O3/c1-25-8-2-6-21-17(24)15-9-11(5-7-20-15)16(23)22-12-3-4-14(19)13(18)10-12/h3-5,7,9-10H,2,6,8H2,1H3,(H,21,24)(H,22,23). The van der Waals surface area contributed by atoms with Crippen molar-refractivity contribution in [1.29, 1.82) is 0 Å². The van der Waals surface area contributed by atoms with Gasteiger partial charge >= 0.3 is 0 Å². The second-order valence-electron chi connectivity index (χ2n) is 5.12. The lowest BCUT2D eigenvalue weighted by Crippen LogP contribution is -2.26. The third-order valence-corrected chi connectivity index (χ3v) is 3.53. The van der Waals surface area contributed by atoms with E-state index in [9.17, 15) is 14.0 Å². The second kappa shape index (κ2) is 9.10. The van der Waals surface area contributed by atoms with Crippen LogP contribution < -0.4 is 10.6 Å². The summed E-state index contributed by atoms with van der Waals surface area (Å²) in [6.45, 7) is 0.981. The minimum absolute atomic E-state index is 0.0938. The van der Waals surface area contributed by atoms with E-state index in [-0.39, 0.29) is 22.2 Å². The first-order valence-electron chi connectivity index (χ1n) is 7.51. The van der Waals surface area contributed by atoms with Gasteiger partial charge in [0, 0.05) is 37.7 Å². The molecule has 1 aromatic heterocycles. The summed E-state index contributed by atoms with van der Waals surface area (Å²) < 4.78 is 18.0. The maximum Gasteiger partial charge on any atom is 0.269 e. The number of hydrogen-bond acceptors (Lipinski definition) is 4. The van der Waals surface area contributed by atoms with Crippen LogP contribution in [-0.2, 0) is 4.74 Å². The van der Waals surface area contributed by atoms with E-state index in [0.717, 1.165) is 6.07 Å². The smallest absolute Gasteiger partial charge is 0.269 e. The Morgan fingerprint density at radius 3 is 2.76 bits per heavy atom.